The number of hydrogen-bond donors (Lipinski definition) is 0. The second-order valence-electron chi connectivity index (χ2n) is 17.4. The number of hydrogen-bond acceptors (Lipinski definition) is 6. The van der Waals surface area contributed by atoms with Crippen LogP contribution in [0.4, 0.5) is 0 Å². The maximum Gasteiger partial charge on any atom is 0.160 e. The van der Waals surface area contributed by atoms with Gasteiger partial charge in [-0.3, -0.25) is 9.97 Å². The molecule has 0 N–H and O–H groups in total. The van der Waals surface area contributed by atoms with E-state index in [0.717, 1.165) is 78.7 Å². The summed E-state index contributed by atoms with van der Waals surface area (Å²) < 4.78 is 0. The highest BCUT2D eigenvalue weighted by atomic mass is 14.9. The van der Waals surface area contributed by atoms with Crippen LogP contribution >= 0.6 is 0 Å². The van der Waals surface area contributed by atoms with E-state index in [-0.39, 0.29) is 11.8 Å². The zero-order valence-corrected chi connectivity index (χ0v) is 36.8. The third-order valence-corrected chi connectivity index (χ3v) is 13.4. The molecule has 0 amide bonds. The summed E-state index contributed by atoms with van der Waals surface area (Å²) in [4.78, 5) is 30.7. The van der Waals surface area contributed by atoms with E-state index < -0.39 is 0 Å². The molecule has 3 aliphatic carbocycles. The van der Waals surface area contributed by atoms with Gasteiger partial charge < -0.3 is 0 Å². The molecule has 6 heteroatoms. The van der Waals surface area contributed by atoms with Crippen LogP contribution in [0, 0.1) is 0 Å². The van der Waals surface area contributed by atoms with Gasteiger partial charge in [-0.15, -0.1) is 0 Å². The minimum atomic E-state index is 0.0224. The molecule has 14 rings (SSSR count). The molecule has 68 heavy (non-hydrogen) atoms. The largest absolute Gasteiger partial charge is 0.256 e. The summed E-state index contributed by atoms with van der Waals surface area (Å²) in [6.07, 6.45) is 3.67. The molecule has 318 valence electrons. The Morgan fingerprint density at radius 2 is 0.588 bits per heavy atom. The Kier molecular flexibility index (Phi) is 9.53. The van der Waals surface area contributed by atoms with Gasteiger partial charge in [0.1, 0.15) is 0 Å². The standard InChI is InChI=1S/C62H40N6/c1-3-17-39(18-4-1)55-37-57(45-23-9-7-21-43(45)53-27-13-15-33-63-53)67-61(65-55)41-29-31-49-51(35-41)59-47-25-11-12-26-48(47)60(49)52-36-42(30-32-50(52)59)62-66-56(40-19-5-2-6-20-40)38-58(68-62)46-24-10-8-22-44(46)54-28-14-16-34-64-54/h1-38,59-60H/t59-,60?/m1/s1. The molecule has 11 aromatic rings. The van der Waals surface area contributed by atoms with Crippen LogP contribution in [-0.2, 0) is 0 Å². The molecular formula is C62H40N6. The second-order valence-corrected chi connectivity index (χ2v) is 17.4. The van der Waals surface area contributed by atoms with Crippen molar-refractivity contribution in [3.8, 4) is 90.3 Å². The molecule has 0 fully saturated rings. The highest BCUT2D eigenvalue weighted by molar-refractivity contribution is 5.85. The Morgan fingerprint density at radius 1 is 0.235 bits per heavy atom. The molecule has 0 radical (unpaired) electrons. The first-order valence-corrected chi connectivity index (χ1v) is 23.0. The molecule has 3 aliphatic rings. The maximum absolute atomic E-state index is 5.35. The maximum atomic E-state index is 5.35. The van der Waals surface area contributed by atoms with Crippen molar-refractivity contribution >= 4 is 0 Å². The lowest BCUT2D eigenvalue weighted by atomic mass is 9.61. The monoisotopic (exact) mass is 868 g/mol. The van der Waals surface area contributed by atoms with Crippen LogP contribution in [0.3, 0.4) is 0 Å². The average molecular weight is 869 g/mol. The molecule has 4 aromatic heterocycles. The summed E-state index contributed by atoms with van der Waals surface area (Å²) >= 11 is 0. The Morgan fingerprint density at radius 3 is 1.00 bits per heavy atom. The van der Waals surface area contributed by atoms with Crippen LogP contribution in [0.15, 0.2) is 231 Å². The van der Waals surface area contributed by atoms with Crippen molar-refractivity contribution in [3.63, 3.8) is 0 Å². The van der Waals surface area contributed by atoms with E-state index in [4.69, 9.17) is 29.9 Å². The fourth-order valence-electron chi connectivity index (χ4n) is 10.3. The van der Waals surface area contributed by atoms with Crippen LogP contribution in [0.1, 0.15) is 45.2 Å². The zero-order valence-electron chi connectivity index (χ0n) is 36.8. The molecule has 0 saturated heterocycles. The van der Waals surface area contributed by atoms with Gasteiger partial charge in [-0.05, 0) is 81.9 Å². The topological polar surface area (TPSA) is 77.3 Å². The molecule has 1 unspecified atom stereocenters. The molecule has 0 aliphatic heterocycles. The molecule has 2 atom stereocenters. The number of pyridine rings is 2. The van der Waals surface area contributed by atoms with Gasteiger partial charge >= 0.3 is 0 Å². The summed E-state index contributed by atoms with van der Waals surface area (Å²) in [6.45, 7) is 0. The lowest BCUT2D eigenvalue weighted by molar-refractivity contribution is 0.754. The summed E-state index contributed by atoms with van der Waals surface area (Å²) in [5.74, 6) is 1.41. The van der Waals surface area contributed by atoms with Crippen molar-refractivity contribution in [1.29, 1.82) is 0 Å². The number of rotatable bonds is 8. The summed E-state index contributed by atoms with van der Waals surface area (Å²) in [5, 5.41) is 0. The minimum Gasteiger partial charge on any atom is -0.256 e. The first-order valence-electron chi connectivity index (χ1n) is 23.0. The lowest BCUT2D eigenvalue weighted by Crippen LogP contribution is -2.27. The number of benzene rings is 7. The number of aromatic nitrogens is 6. The number of nitrogens with zero attached hydrogens (tertiary/aromatic N) is 6. The fourth-order valence-corrected chi connectivity index (χ4v) is 10.3. The molecule has 2 bridgehead atoms. The Bertz CT molecular complexity index is 3440. The first kappa shape index (κ1) is 39.4. The normalized spacial score (nSPS) is 14.2. The Balaban J connectivity index is 0.943. The van der Waals surface area contributed by atoms with Gasteiger partial charge in [0, 0.05) is 68.7 Å². The summed E-state index contributed by atoms with van der Waals surface area (Å²) in [5.41, 5.74) is 21.1. The zero-order chi connectivity index (χ0) is 45.0. The van der Waals surface area contributed by atoms with Crippen molar-refractivity contribution in [3.05, 3.63) is 264 Å². The van der Waals surface area contributed by atoms with Gasteiger partial charge in [-0.2, -0.15) is 0 Å². The van der Waals surface area contributed by atoms with E-state index in [1.807, 2.05) is 60.9 Å². The predicted octanol–water partition coefficient (Wildman–Crippen LogP) is 14.4. The average Bonchev–Trinajstić information content (AvgIpc) is 3.43. The van der Waals surface area contributed by atoms with E-state index in [0.29, 0.717) is 11.6 Å². The predicted molar refractivity (Wildman–Crippen MR) is 271 cm³/mol. The first-order chi connectivity index (χ1) is 33.7. The minimum absolute atomic E-state index is 0.0224. The third-order valence-electron chi connectivity index (χ3n) is 13.4. The van der Waals surface area contributed by atoms with E-state index in [2.05, 4.69) is 170 Å². The quantitative estimate of drug-likeness (QED) is 0.151. The molecule has 0 saturated carbocycles. The molecule has 6 nitrogen and oxygen atoms in total. The van der Waals surface area contributed by atoms with Gasteiger partial charge in [0.25, 0.3) is 0 Å². The molecule has 7 aromatic carbocycles. The Labute approximate surface area is 394 Å². The Hall–Kier alpha value is -9.00. The van der Waals surface area contributed by atoms with Crippen LogP contribution < -0.4 is 0 Å². The van der Waals surface area contributed by atoms with E-state index in [1.165, 1.54) is 33.4 Å². The lowest BCUT2D eigenvalue weighted by Gasteiger charge is -2.42. The van der Waals surface area contributed by atoms with Crippen LogP contribution in [0.2, 0.25) is 0 Å². The van der Waals surface area contributed by atoms with Gasteiger partial charge in [0.15, 0.2) is 11.6 Å². The van der Waals surface area contributed by atoms with Gasteiger partial charge in [-0.25, -0.2) is 19.9 Å². The van der Waals surface area contributed by atoms with Crippen molar-refractivity contribution in [1.82, 2.24) is 29.9 Å². The molecule has 4 heterocycles. The summed E-state index contributed by atoms with van der Waals surface area (Å²) in [6, 6.07) is 76.4. The van der Waals surface area contributed by atoms with E-state index >= 15 is 0 Å². The van der Waals surface area contributed by atoms with Gasteiger partial charge in [0.2, 0.25) is 0 Å². The highest BCUT2D eigenvalue weighted by Crippen LogP contribution is 2.56. The fraction of sp³-hybridized carbons (Fsp3) is 0.0323. The van der Waals surface area contributed by atoms with Crippen molar-refractivity contribution in [2.45, 2.75) is 11.8 Å². The van der Waals surface area contributed by atoms with Crippen molar-refractivity contribution in [2.24, 2.45) is 0 Å². The van der Waals surface area contributed by atoms with Crippen molar-refractivity contribution < 1.29 is 0 Å². The third kappa shape index (κ3) is 6.81. The van der Waals surface area contributed by atoms with Crippen LogP contribution in [-0.4, -0.2) is 29.9 Å². The van der Waals surface area contributed by atoms with Crippen LogP contribution in [0.25, 0.3) is 90.3 Å². The van der Waals surface area contributed by atoms with Crippen molar-refractivity contribution in [2.75, 3.05) is 0 Å². The molecule has 0 spiro atoms. The SMILES string of the molecule is c1ccc(-c2cc(-c3ccccc3-c3ccccn3)nc(-c3ccc4c(c3)C3c5ccccc5[C@H]4c4cc(-c5nc(-c6ccccc6)cc(-c6ccccc6-c6ccccn6)n5)ccc43)n2)cc1. The molecular weight excluding hydrogens is 829 g/mol. The van der Waals surface area contributed by atoms with Gasteiger partial charge in [0.05, 0.1) is 34.2 Å². The van der Waals surface area contributed by atoms with Crippen LogP contribution in [0.5, 0.6) is 0 Å². The smallest absolute Gasteiger partial charge is 0.160 e. The van der Waals surface area contributed by atoms with E-state index in [1.54, 1.807) is 0 Å². The summed E-state index contributed by atoms with van der Waals surface area (Å²) in [7, 11) is 0. The highest BCUT2D eigenvalue weighted by Gasteiger charge is 2.41. The second kappa shape index (κ2) is 16.5. The van der Waals surface area contributed by atoms with E-state index in [9.17, 15) is 0 Å². The van der Waals surface area contributed by atoms with Gasteiger partial charge in [-0.1, -0.05) is 170 Å².